The highest BCUT2D eigenvalue weighted by Gasteiger charge is 2.17. The van der Waals surface area contributed by atoms with Crippen LogP contribution in [0.4, 0.5) is 5.69 Å². The molecule has 5 N–H and O–H groups in total. The lowest BCUT2D eigenvalue weighted by atomic mass is 9.89. The van der Waals surface area contributed by atoms with Gasteiger partial charge in [-0.05, 0) is 17.9 Å². The number of nitrogen functional groups attached to an aromatic ring is 1. The standard InChI is InChI=1S/C12H21N3O2/c1-12(2,3)5-9(16)7-15-11(17)10-4-8(13)6-14-10/h4,6,9,14,16H,5,7,13H2,1-3H3,(H,15,17). The summed E-state index contributed by atoms with van der Waals surface area (Å²) < 4.78 is 0. The van der Waals surface area contributed by atoms with E-state index < -0.39 is 6.10 Å². The van der Waals surface area contributed by atoms with Crippen molar-refractivity contribution in [3.8, 4) is 0 Å². The number of aromatic amines is 1. The molecule has 0 radical (unpaired) electrons. The summed E-state index contributed by atoms with van der Waals surface area (Å²) in [5, 5.41) is 12.4. The minimum atomic E-state index is -0.536. The average Bonchev–Trinajstić information content (AvgIpc) is 2.58. The predicted molar refractivity (Wildman–Crippen MR) is 67.6 cm³/mol. The lowest BCUT2D eigenvalue weighted by molar-refractivity contribution is 0.0865. The maximum absolute atomic E-state index is 11.6. The molecule has 0 spiro atoms. The van der Waals surface area contributed by atoms with Crippen molar-refractivity contribution in [3.05, 3.63) is 18.0 Å². The van der Waals surface area contributed by atoms with Crippen LogP contribution in [0.25, 0.3) is 0 Å². The van der Waals surface area contributed by atoms with Crippen molar-refractivity contribution in [3.63, 3.8) is 0 Å². The number of hydrogen-bond acceptors (Lipinski definition) is 3. The van der Waals surface area contributed by atoms with Crippen molar-refractivity contribution in [1.29, 1.82) is 0 Å². The zero-order valence-electron chi connectivity index (χ0n) is 10.6. The number of rotatable bonds is 4. The fourth-order valence-electron chi connectivity index (χ4n) is 1.63. The van der Waals surface area contributed by atoms with E-state index in [1.54, 1.807) is 12.3 Å². The third-order valence-electron chi connectivity index (χ3n) is 2.30. The first-order valence-corrected chi connectivity index (χ1v) is 5.68. The van der Waals surface area contributed by atoms with Crippen LogP contribution in [0, 0.1) is 5.41 Å². The van der Waals surface area contributed by atoms with E-state index in [2.05, 4.69) is 10.3 Å². The highest BCUT2D eigenvalue weighted by atomic mass is 16.3. The van der Waals surface area contributed by atoms with Crippen LogP contribution < -0.4 is 11.1 Å². The Kier molecular flexibility index (Phi) is 4.17. The minimum absolute atomic E-state index is 0.0427. The van der Waals surface area contributed by atoms with Crippen LogP contribution in [0.2, 0.25) is 0 Å². The third kappa shape index (κ3) is 4.91. The molecule has 17 heavy (non-hydrogen) atoms. The number of anilines is 1. The van der Waals surface area contributed by atoms with Gasteiger partial charge in [0.05, 0.1) is 6.10 Å². The van der Waals surface area contributed by atoms with Gasteiger partial charge >= 0.3 is 0 Å². The van der Waals surface area contributed by atoms with Crippen molar-refractivity contribution < 1.29 is 9.90 Å². The summed E-state index contributed by atoms with van der Waals surface area (Å²) >= 11 is 0. The molecule has 0 aliphatic heterocycles. The van der Waals surface area contributed by atoms with Gasteiger partial charge in [-0.1, -0.05) is 20.8 Å². The smallest absolute Gasteiger partial charge is 0.267 e. The molecule has 5 heteroatoms. The second kappa shape index (κ2) is 5.23. The molecule has 0 saturated heterocycles. The lowest BCUT2D eigenvalue weighted by Crippen LogP contribution is -2.34. The summed E-state index contributed by atoms with van der Waals surface area (Å²) in [6.07, 6.45) is 1.66. The molecule has 0 aromatic carbocycles. The molecule has 0 fully saturated rings. The van der Waals surface area contributed by atoms with Crippen LogP contribution in [0.3, 0.4) is 0 Å². The number of aliphatic hydroxyl groups is 1. The number of carbonyl (C=O) groups is 1. The van der Waals surface area contributed by atoms with Gasteiger partial charge in [-0.15, -0.1) is 0 Å². The zero-order chi connectivity index (χ0) is 13.1. The molecule has 1 rings (SSSR count). The molecule has 0 aliphatic rings. The Bertz CT molecular complexity index is 379. The summed E-state index contributed by atoms with van der Waals surface area (Å²) in [6, 6.07) is 1.56. The molecule has 0 aliphatic carbocycles. The topological polar surface area (TPSA) is 91.1 Å². The van der Waals surface area contributed by atoms with Gasteiger partial charge in [0.1, 0.15) is 5.69 Å². The van der Waals surface area contributed by atoms with Gasteiger partial charge in [0.15, 0.2) is 0 Å². The summed E-state index contributed by atoms with van der Waals surface area (Å²) in [4.78, 5) is 14.4. The Labute approximate surface area is 101 Å². The number of H-pyrrole nitrogens is 1. The molecule has 0 saturated carbocycles. The van der Waals surface area contributed by atoms with Crippen LogP contribution >= 0.6 is 0 Å². The molecular formula is C12H21N3O2. The Morgan fingerprint density at radius 1 is 1.59 bits per heavy atom. The maximum atomic E-state index is 11.6. The summed E-state index contributed by atoms with van der Waals surface area (Å²) in [6.45, 7) is 6.38. The minimum Gasteiger partial charge on any atom is -0.397 e. The van der Waals surface area contributed by atoms with Gasteiger partial charge in [0.2, 0.25) is 0 Å². The van der Waals surface area contributed by atoms with Crippen LogP contribution in [-0.4, -0.2) is 28.6 Å². The summed E-state index contributed by atoms with van der Waals surface area (Å²) in [5.74, 6) is -0.255. The second-order valence-electron chi connectivity index (χ2n) is 5.48. The van der Waals surface area contributed by atoms with Crippen molar-refractivity contribution in [2.45, 2.75) is 33.3 Å². The van der Waals surface area contributed by atoms with Crippen molar-refractivity contribution in [2.75, 3.05) is 12.3 Å². The van der Waals surface area contributed by atoms with E-state index in [9.17, 15) is 9.90 Å². The number of hydrogen-bond donors (Lipinski definition) is 4. The number of nitrogens with one attached hydrogen (secondary N) is 2. The molecule has 1 aromatic rings. The van der Waals surface area contributed by atoms with Gasteiger partial charge in [0.25, 0.3) is 5.91 Å². The molecule has 1 unspecified atom stereocenters. The van der Waals surface area contributed by atoms with Gasteiger partial charge in [-0.25, -0.2) is 0 Å². The summed E-state index contributed by atoms with van der Waals surface area (Å²) in [5.41, 5.74) is 6.46. The number of aromatic nitrogens is 1. The van der Waals surface area contributed by atoms with E-state index >= 15 is 0 Å². The van der Waals surface area contributed by atoms with Crippen LogP contribution in [0.15, 0.2) is 12.3 Å². The number of aliphatic hydroxyl groups excluding tert-OH is 1. The number of amides is 1. The van der Waals surface area contributed by atoms with E-state index in [0.717, 1.165) is 0 Å². The van der Waals surface area contributed by atoms with Gasteiger partial charge < -0.3 is 21.1 Å². The van der Waals surface area contributed by atoms with E-state index in [0.29, 0.717) is 17.8 Å². The third-order valence-corrected chi connectivity index (χ3v) is 2.30. The van der Waals surface area contributed by atoms with Crippen molar-refractivity contribution in [2.24, 2.45) is 5.41 Å². The van der Waals surface area contributed by atoms with Gasteiger partial charge in [-0.2, -0.15) is 0 Å². The Morgan fingerprint density at radius 3 is 2.71 bits per heavy atom. The van der Waals surface area contributed by atoms with E-state index in [1.807, 2.05) is 20.8 Å². The molecular weight excluding hydrogens is 218 g/mol. The predicted octanol–water partition coefficient (Wildman–Crippen LogP) is 1.12. The largest absolute Gasteiger partial charge is 0.397 e. The molecule has 96 valence electrons. The van der Waals surface area contributed by atoms with Crippen molar-refractivity contribution in [1.82, 2.24) is 10.3 Å². The van der Waals surface area contributed by atoms with Crippen LogP contribution in [-0.2, 0) is 0 Å². The average molecular weight is 239 g/mol. The first kappa shape index (κ1) is 13.6. The number of carbonyl (C=O) groups excluding carboxylic acids is 1. The Hall–Kier alpha value is -1.49. The van der Waals surface area contributed by atoms with Crippen LogP contribution in [0.5, 0.6) is 0 Å². The first-order chi connectivity index (χ1) is 7.78. The van der Waals surface area contributed by atoms with E-state index in [-0.39, 0.29) is 17.9 Å². The SMILES string of the molecule is CC(C)(C)CC(O)CNC(=O)c1cc(N)c[nH]1. The fourth-order valence-corrected chi connectivity index (χ4v) is 1.63. The normalized spacial score (nSPS) is 13.4. The molecule has 1 heterocycles. The first-order valence-electron chi connectivity index (χ1n) is 5.68. The Balaban J connectivity index is 2.38. The van der Waals surface area contributed by atoms with E-state index in [4.69, 9.17) is 5.73 Å². The fraction of sp³-hybridized carbons (Fsp3) is 0.583. The quantitative estimate of drug-likeness (QED) is 0.634. The second-order valence-corrected chi connectivity index (χ2v) is 5.48. The Morgan fingerprint density at radius 2 is 2.24 bits per heavy atom. The molecule has 0 bridgehead atoms. The molecule has 1 aromatic heterocycles. The highest BCUT2D eigenvalue weighted by molar-refractivity contribution is 5.93. The molecule has 1 atom stereocenters. The van der Waals surface area contributed by atoms with Gasteiger partial charge in [0, 0.05) is 18.4 Å². The summed E-state index contributed by atoms with van der Waals surface area (Å²) in [7, 11) is 0. The molecule has 5 nitrogen and oxygen atoms in total. The monoisotopic (exact) mass is 239 g/mol. The zero-order valence-corrected chi connectivity index (χ0v) is 10.6. The number of nitrogens with two attached hydrogens (primary N) is 1. The van der Waals surface area contributed by atoms with Crippen molar-refractivity contribution >= 4 is 11.6 Å². The molecule has 1 amide bonds. The lowest BCUT2D eigenvalue weighted by Gasteiger charge is -2.22. The highest BCUT2D eigenvalue weighted by Crippen LogP contribution is 2.20. The van der Waals surface area contributed by atoms with Gasteiger partial charge in [-0.3, -0.25) is 4.79 Å². The maximum Gasteiger partial charge on any atom is 0.267 e. The van der Waals surface area contributed by atoms with E-state index in [1.165, 1.54) is 0 Å². The van der Waals surface area contributed by atoms with Crippen LogP contribution in [0.1, 0.15) is 37.7 Å².